The fourth-order valence-corrected chi connectivity index (χ4v) is 2.56. The van der Waals surface area contributed by atoms with Crippen LogP contribution in [0.3, 0.4) is 0 Å². The molecule has 1 fully saturated rings. The standard InChI is InChI=1S/C15H18F3NO2/c1-2-19(9-10-4-3-5-10)11-6-7-13(15(16,17)18)12(8-11)14(20)21/h6-8,10H,2-5,9H2,1H3,(H,20,21). The largest absolute Gasteiger partial charge is 0.478 e. The van der Waals surface area contributed by atoms with Gasteiger partial charge in [-0.1, -0.05) is 6.42 Å². The van der Waals surface area contributed by atoms with E-state index in [2.05, 4.69) is 0 Å². The molecule has 0 unspecified atom stereocenters. The highest BCUT2D eigenvalue weighted by Crippen LogP contribution is 2.35. The number of carboxylic acids is 1. The van der Waals surface area contributed by atoms with Crippen LogP contribution in [0, 0.1) is 5.92 Å². The van der Waals surface area contributed by atoms with Gasteiger partial charge in [0.25, 0.3) is 0 Å². The number of halogens is 3. The van der Waals surface area contributed by atoms with Crippen molar-refractivity contribution < 1.29 is 23.1 Å². The molecule has 1 aromatic carbocycles. The lowest BCUT2D eigenvalue weighted by atomic mass is 9.85. The zero-order valence-corrected chi connectivity index (χ0v) is 11.8. The first-order chi connectivity index (χ1) is 9.82. The zero-order valence-electron chi connectivity index (χ0n) is 11.8. The maximum atomic E-state index is 12.8. The minimum absolute atomic E-state index is 0.537. The first-order valence-corrected chi connectivity index (χ1v) is 7.02. The zero-order chi connectivity index (χ0) is 15.6. The fraction of sp³-hybridized carbons (Fsp3) is 0.533. The van der Waals surface area contributed by atoms with Crippen molar-refractivity contribution in [3.63, 3.8) is 0 Å². The highest BCUT2D eigenvalue weighted by Gasteiger charge is 2.35. The van der Waals surface area contributed by atoms with Gasteiger partial charge in [-0.25, -0.2) is 4.79 Å². The predicted octanol–water partition coefficient (Wildman–Crippen LogP) is 4.03. The summed E-state index contributed by atoms with van der Waals surface area (Å²) in [5.41, 5.74) is -1.25. The molecule has 0 aromatic heterocycles. The first-order valence-electron chi connectivity index (χ1n) is 7.02. The minimum Gasteiger partial charge on any atom is -0.478 e. The number of carbonyl (C=O) groups is 1. The Balaban J connectivity index is 2.31. The van der Waals surface area contributed by atoms with Gasteiger partial charge in [-0.2, -0.15) is 13.2 Å². The van der Waals surface area contributed by atoms with E-state index in [1.807, 2.05) is 11.8 Å². The van der Waals surface area contributed by atoms with E-state index in [0.717, 1.165) is 31.5 Å². The second kappa shape index (κ2) is 5.95. The molecular formula is C15H18F3NO2. The van der Waals surface area contributed by atoms with Crippen molar-refractivity contribution in [1.82, 2.24) is 0 Å². The Kier molecular flexibility index (Phi) is 4.44. The molecular weight excluding hydrogens is 283 g/mol. The molecule has 0 bridgehead atoms. The van der Waals surface area contributed by atoms with Gasteiger partial charge >= 0.3 is 12.1 Å². The summed E-state index contributed by atoms with van der Waals surface area (Å²) >= 11 is 0. The lowest BCUT2D eigenvalue weighted by Gasteiger charge is -2.33. The normalized spacial score (nSPS) is 15.6. The van der Waals surface area contributed by atoms with Crippen LogP contribution < -0.4 is 4.90 Å². The van der Waals surface area contributed by atoms with E-state index in [9.17, 15) is 18.0 Å². The lowest BCUT2D eigenvalue weighted by molar-refractivity contribution is -0.138. The Morgan fingerprint density at radius 3 is 2.48 bits per heavy atom. The molecule has 3 nitrogen and oxygen atoms in total. The molecule has 116 valence electrons. The molecule has 0 saturated heterocycles. The molecule has 0 aliphatic heterocycles. The fourth-order valence-electron chi connectivity index (χ4n) is 2.56. The summed E-state index contributed by atoms with van der Waals surface area (Å²) in [6, 6.07) is 3.35. The van der Waals surface area contributed by atoms with Crippen LogP contribution in [0.4, 0.5) is 18.9 Å². The van der Waals surface area contributed by atoms with E-state index >= 15 is 0 Å². The third kappa shape index (κ3) is 3.49. The third-order valence-corrected chi connectivity index (χ3v) is 3.99. The monoisotopic (exact) mass is 301 g/mol. The Morgan fingerprint density at radius 1 is 1.38 bits per heavy atom. The highest BCUT2D eigenvalue weighted by atomic mass is 19.4. The predicted molar refractivity (Wildman–Crippen MR) is 73.6 cm³/mol. The SMILES string of the molecule is CCN(CC1CCC1)c1ccc(C(F)(F)F)c(C(=O)O)c1. The topological polar surface area (TPSA) is 40.5 Å². The van der Waals surface area contributed by atoms with Gasteiger partial charge in [0.05, 0.1) is 11.1 Å². The summed E-state index contributed by atoms with van der Waals surface area (Å²) < 4.78 is 38.5. The van der Waals surface area contributed by atoms with Crippen molar-refractivity contribution in [3.05, 3.63) is 29.3 Å². The maximum Gasteiger partial charge on any atom is 0.417 e. The molecule has 0 amide bonds. The van der Waals surface area contributed by atoms with Crippen molar-refractivity contribution in [3.8, 4) is 0 Å². The molecule has 0 spiro atoms. The second-order valence-electron chi connectivity index (χ2n) is 5.37. The molecule has 0 atom stereocenters. The van der Waals surface area contributed by atoms with Gasteiger partial charge < -0.3 is 10.0 Å². The molecule has 1 aromatic rings. The van der Waals surface area contributed by atoms with Crippen LogP contribution in [-0.2, 0) is 6.18 Å². The number of anilines is 1. The Bertz CT molecular complexity index is 524. The number of hydrogen-bond donors (Lipinski definition) is 1. The van der Waals surface area contributed by atoms with Crippen molar-refractivity contribution in [1.29, 1.82) is 0 Å². The molecule has 1 saturated carbocycles. The Hall–Kier alpha value is -1.72. The van der Waals surface area contributed by atoms with Gasteiger partial charge in [0, 0.05) is 18.8 Å². The molecule has 1 N–H and O–H groups in total. The maximum absolute atomic E-state index is 12.8. The summed E-state index contributed by atoms with van der Waals surface area (Å²) in [4.78, 5) is 13.0. The van der Waals surface area contributed by atoms with Gasteiger partial charge in [0.1, 0.15) is 0 Å². The van der Waals surface area contributed by atoms with E-state index in [4.69, 9.17) is 5.11 Å². The lowest BCUT2D eigenvalue weighted by Crippen LogP contribution is -2.32. The molecule has 1 aliphatic carbocycles. The summed E-state index contributed by atoms with van der Waals surface area (Å²) in [6.45, 7) is 3.32. The van der Waals surface area contributed by atoms with Crippen LogP contribution in [0.5, 0.6) is 0 Å². The van der Waals surface area contributed by atoms with Gasteiger partial charge in [-0.15, -0.1) is 0 Å². The van der Waals surface area contributed by atoms with E-state index in [1.54, 1.807) is 0 Å². The number of carboxylic acid groups (broad SMARTS) is 1. The van der Waals surface area contributed by atoms with Gasteiger partial charge in [-0.05, 0) is 43.9 Å². The Morgan fingerprint density at radius 2 is 2.05 bits per heavy atom. The number of nitrogens with zero attached hydrogens (tertiary/aromatic N) is 1. The highest BCUT2D eigenvalue weighted by molar-refractivity contribution is 5.91. The number of benzene rings is 1. The van der Waals surface area contributed by atoms with Gasteiger partial charge in [-0.3, -0.25) is 0 Å². The van der Waals surface area contributed by atoms with E-state index in [0.29, 0.717) is 18.2 Å². The van der Waals surface area contributed by atoms with Crippen LogP contribution >= 0.6 is 0 Å². The molecule has 2 rings (SSSR count). The first kappa shape index (κ1) is 15.7. The summed E-state index contributed by atoms with van der Waals surface area (Å²) in [5, 5.41) is 9.03. The number of alkyl halides is 3. The van der Waals surface area contributed by atoms with Gasteiger partial charge in [0.2, 0.25) is 0 Å². The molecule has 0 heterocycles. The van der Waals surface area contributed by atoms with Gasteiger partial charge in [0.15, 0.2) is 0 Å². The van der Waals surface area contributed by atoms with Crippen LogP contribution in [0.2, 0.25) is 0 Å². The minimum atomic E-state index is -4.66. The van der Waals surface area contributed by atoms with Crippen molar-refractivity contribution in [2.45, 2.75) is 32.4 Å². The third-order valence-electron chi connectivity index (χ3n) is 3.99. The summed E-state index contributed by atoms with van der Waals surface area (Å²) in [7, 11) is 0. The van der Waals surface area contributed by atoms with Crippen molar-refractivity contribution in [2.24, 2.45) is 5.92 Å². The quantitative estimate of drug-likeness (QED) is 0.892. The average molecular weight is 301 g/mol. The molecule has 6 heteroatoms. The van der Waals surface area contributed by atoms with E-state index < -0.39 is 23.3 Å². The second-order valence-corrected chi connectivity index (χ2v) is 5.37. The number of hydrogen-bond acceptors (Lipinski definition) is 2. The van der Waals surface area contributed by atoms with Crippen LogP contribution in [0.25, 0.3) is 0 Å². The summed E-state index contributed by atoms with van der Waals surface area (Å²) in [5.74, 6) is -0.996. The number of aromatic carboxylic acids is 1. The van der Waals surface area contributed by atoms with Crippen LogP contribution in [0.15, 0.2) is 18.2 Å². The number of rotatable bonds is 5. The van der Waals surface area contributed by atoms with Crippen molar-refractivity contribution in [2.75, 3.05) is 18.0 Å². The smallest absolute Gasteiger partial charge is 0.417 e. The summed E-state index contributed by atoms with van der Waals surface area (Å²) in [6.07, 6.45) is -1.21. The average Bonchev–Trinajstić information content (AvgIpc) is 2.36. The van der Waals surface area contributed by atoms with E-state index in [1.165, 1.54) is 12.5 Å². The van der Waals surface area contributed by atoms with Crippen molar-refractivity contribution >= 4 is 11.7 Å². The Labute approximate surface area is 121 Å². The molecule has 21 heavy (non-hydrogen) atoms. The van der Waals surface area contributed by atoms with Crippen LogP contribution in [-0.4, -0.2) is 24.2 Å². The van der Waals surface area contributed by atoms with E-state index in [-0.39, 0.29) is 0 Å². The molecule has 0 radical (unpaired) electrons. The molecule has 1 aliphatic rings. The van der Waals surface area contributed by atoms with Crippen LogP contribution in [0.1, 0.15) is 42.1 Å².